The summed E-state index contributed by atoms with van der Waals surface area (Å²) in [6.45, 7) is 0.198. The Bertz CT molecular complexity index is 326. The lowest BCUT2D eigenvalue weighted by atomic mass is 9.83. The van der Waals surface area contributed by atoms with E-state index < -0.39 is 0 Å². The molecule has 0 heterocycles. The summed E-state index contributed by atoms with van der Waals surface area (Å²) < 4.78 is 0. The van der Waals surface area contributed by atoms with Gasteiger partial charge in [-0.3, -0.25) is 4.79 Å². The molecule has 0 aromatic heterocycles. The number of nitriles is 1. The highest BCUT2D eigenvalue weighted by Crippen LogP contribution is 2.29. The number of hydrogen-bond donors (Lipinski definition) is 1. The van der Waals surface area contributed by atoms with Crippen LogP contribution >= 0.6 is 0 Å². The summed E-state index contributed by atoms with van der Waals surface area (Å²) in [6, 6.07) is 1.99. The van der Waals surface area contributed by atoms with Crippen molar-refractivity contribution in [3.63, 3.8) is 0 Å². The fourth-order valence-electron chi connectivity index (χ4n) is 3.05. The quantitative estimate of drug-likeness (QED) is 0.772. The van der Waals surface area contributed by atoms with Crippen LogP contribution in [0.5, 0.6) is 0 Å². The maximum atomic E-state index is 12.4. The van der Waals surface area contributed by atoms with E-state index in [0.29, 0.717) is 5.92 Å². The number of rotatable bonds is 4. The Morgan fingerprint density at radius 3 is 2.39 bits per heavy atom. The van der Waals surface area contributed by atoms with Gasteiger partial charge in [-0.05, 0) is 38.0 Å². The molecule has 0 spiro atoms. The van der Waals surface area contributed by atoms with Crippen molar-refractivity contribution in [3.8, 4) is 6.07 Å². The van der Waals surface area contributed by atoms with Crippen LogP contribution < -0.4 is 5.73 Å². The number of carbonyl (C=O) groups is 1. The maximum absolute atomic E-state index is 12.4. The molecular weight excluding hydrogens is 226 g/mol. The molecule has 1 atom stereocenters. The number of nitrogens with zero attached hydrogens (tertiary/aromatic N) is 2. The van der Waals surface area contributed by atoms with E-state index in [1.807, 2.05) is 0 Å². The van der Waals surface area contributed by atoms with Crippen molar-refractivity contribution in [1.82, 2.24) is 4.90 Å². The van der Waals surface area contributed by atoms with E-state index >= 15 is 0 Å². The van der Waals surface area contributed by atoms with Crippen molar-refractivity contribution < 1.29 is 4.79 Å². The van der Waals surface area contributed by atoms with Gasteiger partial charge in [-0.15, -0.1) is 0 Å². The second-order valence-electron chi connectivity index (χ2n) is 5.63. The topological polar surface area (TPSA) is 70.1 Å². The van der Waals surface area contributed by atoms with Crippen LogP contribution in [0.2, 0.25) is 0 Å². The van der Waals surface area contributed by atoms with Crippen molar-refractivity contribution in [2.75, 3.05) is 6.54 Å². The fourth-order valence-corrected chi connectivity index (χ4v) is 3.05. The second-order valence-corrected chi connectivity index (χ2v) is 5.63. The van der Waals surface area contributed by atoms with E-state index in [1.165, 1.54) is 25.7 Å². The molecule has 4 nitrogen and oxygen atoms in total. The smallest absolute Gasteiger partial charge is 0.240 e. The minimum absolute atomic E-state index is 0.00755. The van der Waals surface area contributed by atoms with Gasteiger partial charge in [0, 0.05) is 6.04 Å². The highest BCUT2D eigenvalue weighted by molar-refractivity contribution is 5.82. The molecule has 0 aliphatic heterocycles. The first-order valence-corrected chi connectivity index (χ1v) is 7.17. The van der Waals surface area contributed by atoms with Crippen molar-refractivity contribution in [2.45, 2.75) is 63.5 Å². The summed E-state index contributed by atoms with van der Waals surface area (Å²) in [5.74, 6) is 0.334. The molecule has 2 rings (SSSR count). The second kappa shape index (κ2) is 6.19. The predicted octanol–water partition coefficient (Wildman–Crippen LogP) is 1.80. The number of carbonyl (C=O) groups excluding carboxylic acids is 1. The monoisotopic (exact) mass is 249 g/mol. The molecule has 0 aromatic carbocycles. The summed E-state index contributed by atoms with van der Waals surface area (Å²) in [4.78, 5) is 14.1. The van der Waals surface area contributed by atoms with Gasteiger partial charge in [0.1, 0.15) is 6.54 Å². The molecule has 2 aliphatic carbocycles. The Kier molecular flexibility index (Phi) is 4.60. The molecule has 100 valence electrons. The first-order chi connectivity index (χ1) is 8.74. The first-order valence-electron chi connectivity index (χ1n) is 7.17. The number of amides is 1. The third-order valence-corrected chi connectivity index (χ3v) is 4.48. The van der Waals surface area contributed by atoms with Crippen LogP contribution in [0.4, 0.5) is 0 Å². The fraction of sp³-hybridized carbons (Fsp3) is 0.857. The molecule has 4 heteroatoms. The van der Waals surface area contributed by atoms with E-state index in [1.54, 1.807) is 4.90 Å². The standard InChI is InChI=1S/C14H23N3O/c15-9-10-17(12-7-4-8-12)14(18)13(16)11-5-2-1-3-6-11/h11-13H,1-8,10,16H2/t13-/m0/s1. The lowest BCUT2D eigenvalue weighted by molar-refractivity contribution is -0.137. The van der Waals surface area contributed by atoms with Crippen LogP contribution in [-0.2, 0) is 4.79 Å². The van der Waals surface area contributed by atoms with E-state index in [2.05, 4.69) is 6.07 Å². The van der Waals surface area contributed by atoms with Crippen LogP contribution in [0.15, 0.2) is 0 Å². The minimum Gasteiger partial charge on any atom is -0.325 e. The molecule has 1 amide bonds. The summed E-state index contributed by atoms with van der Waals surface area (Å²) in [6.07, 6.45) is 9.01. The third kappa shape index (κ3) is 2.84. The molecule has 2 N–H and O–H groups in total. The Labute approximate surface area is 109 Å². The molecule has 0 unspecified atom stereocenters. The molecule has 18 heavy (non-hydrogen) atoms. The van der Waals surface area contributed by atoms with Crippen molar-refractivity contribution >= 4 is 5.91 Å². The highest BCUT2D eigenvalue weighted by Gasteiger charge is 2.34. The molecule has 0 bridgehead atoms. The molecule has 0 saturated heterocycles. The van der Waals surface area contributed by atoms with Crippen molar-refractivity contribution in [2.24, 2.45) is 11.7 Å². The van der Waals surface area contributed by atoms with E-state index in [-0.39, 0.29) is 24.5 Å². The number of hydrogen-bond acceptors (Lipinski definition) is 3. The molecular formula is C14H23N3O. The van der Waals surface area contributed by atoms with Crippen molar-refractivity contribution in [3.05, 3.63) is 0 Å². The molecule has 0 radical (unpaired) electrons. The Morgan fingerprint density at radius 1 is 1.22 bits per heavy atom. The van der Waals surface area contributed by atoms with Gasteiger partial charge < -0.3 is 10.6 Å². The van der Waals surface area contributed by atoms with Gasteiger partial charge in [-0.25, -0.2) is 0 Å². The Hall–Kier alpha value is -1.08. The largest absolute Gasteiger partial charge is 0.325 e. The van der Waals surface area contributed by atoms with Gasteiger partial charge in [0.15, 0.2) is 0 Å². The lowest BCUT2D eigenvalue weighted by Crippen LogP contribution is -2.53. The summed E-state index contributed by atoms with van der Waals surface area (Å²) in [5, 5.41) is 8.86. The molecule has 2 saturated carbocycles. The minimum atomic E-state index is -0.390. The third-order valence-electron chi connectivity index (χ3n) is 4.48. The van der Waals surface area contributed by atoms with Gasteiger partial charge in [0.25, 0.3) is 0 Å². The predicted molar refractivity (Wildman–Crippen MR) is 69.5 cm³/mol. The van der Waals surface area contributed by atoms with Crippen LogP contribution in [0.3, 0.4) is 0 Å². The van der Waals surface area contributed by atoms with E-state index in [9.17, 15) is 4.79 Å². The lowest BCUT2D eigenvalue weighted by Gasteiger charge is -2.39. The zero-order valence-corrected chi connectivity index (χ0v) is 11.0. The molecule has 2 fully saturated rings. The van der Waals surface area contributed by atoms with Crippen LogP contribution in [0.1, 0.15) is 51.4 Å². The first kappa shape index (κ1) is 13.4. The van der Waals surface area contributed by atoms with Crippen LogP contribution in [0, 0.1) is 17.2 Å². The summed E-state index contributed by atoms with van der Waals surface area (Å²) in [5.41, 5.74) is 6.14. The SMILES string of the molecule is N#CCN(C(=O)[C@@H](N)C1CCCCC1)C1CCC1. The molecule has 2 aliphatic rings. The van der Waals surface area contributed by atoms with Gasteiger partial charge >= 0.3 is 0 Å². The number of nitrogens with two attached hydrogens (primary N) is 1. The Morgan fingerprint density at radius 2 is 1.89 bits per heavy atom. The van der Waals surface area contributed by atoms with Gasteiger partial charge in [0.05, 0.1) is 12.1 Å². The molecule has 0 aromatic rings. The van der Waals surface area contributed by atoms with Crippen LogP contribution in [-0.4, -0.2) is 29.4 Å². The summed E-state index contributed by atoms with van der Waals surface area (Å²) in [7, 11) is 0. The van der Waals surface area contributed by atoms with Crippen molar-refractivity contribution in [1.29, 1.82) is 5.26 Å². The average Bonchev–Trinajstić information content (AvgIpc) is 2.35. The van der Waals surface area contributed by atoms with E-state index in [0.717, 1.165) is 25.7 Å². The van der Waals surface area contributed by atoms with Crippen LogP contribution in [0.25, 0.3) is 0 Å². The Balaban J connectivity index is 1.95. The zero-order chi connectivity index (χ0) is 13.0. The maximum Gasteiger partial charge on any atom is 0.240 e. The highest BCUT2D eigenvalue weighted by atomic mass is 16.2. The van der Waals surface area contributed by atoms with Gasteiger partial charge in [-0.1, -0.05) is 19.3 Å². The summed E-state index contributed by atoms with van der Waals surface area (Å²) >= 11 is 0. The van der Waals surface area contributed by atoms with E-state index in [4.69, 9.17) is 11.0 Å². The zero-order valence-electron chi connectivity index (χ0n) is 11.0. The van der Waals surface area contributed by atoms with Gasteiger partial charge in [0.2, 0.25) is 5.91 Å². The normalized spacial score (nSPS) is 22.9. The van der Waals surface area contributed by atoms with Gasteiger partial charge in [-0.2, -0.15) is 5.26 Å². The average molecular weight is 249 g/mol.